The van der Waals surface area contributed by atoms with Crippen molar-refractivity contribution in [3.8, 4) is 0 Å². The number of nitrogens with zero attached hydrogens (tertiary/aromatic N) is 1. The summed E-state index contributed by atoms with van der Waals surface area (Å²) in [6.45, 7) is 0. The van der Waals surface area contributed by atoms with Crippen molar-refractivity contribution >= 4 is 12.0 Å². The zero-order valence-corrected chi connectivity index (χ0v) is 4.74. The van der Waals surface area contributed by atoms with Crippen molar-refractivity contribution < 1.29 is 4.79 Å². The predicted octanol–water partition coefficient (Wildman–Crippen LogP) is 0.710. The Hall–Kier alpha value is -1.18. The second kappa shape index (κ2) is 1.41. The van der Waals surface area contributed by atoms with Gasteiger partial charge in [0.1, 0.15) is 0 Å². The third kappa shape index (κ3) is 0.499. The highest BCUT2D eigenvalue weighted by Gasteiger charge is 2.23. The molecule has 1 aliphatic heterocycles. The van der Waals surface area contributed by atoms with E-state index in [0.29, 0.717) is 0 Å². The standard InChI is InChI=1S/C7H5NO/c9-7-2-1-5-3-8-4-6(5)7/h1-5H. The van der Waals surface area contributed by atoms with Crippen LogP contribution in [-0.4, -0.2) is 12.0 Å². The Kier molecular flexibility index (Phi) is 0.730. The smallest absolute Gasteiger partial charge is 0.184 e. The predicted molar refractivity (Wildman–Crippen MR) is 34.2 cm³/mol. The summed E-state index contributed by atoms with van der Waals surface area (Å²) < 4.78 is 0. The molecule has 0 radical (unpaired) electrons. The third-order valence-corrected chi connectivity index (χ3v) is 1.56. The van der Waals surface area contributed by atoms with E-state index in [1.54, 1.807) is 18.5 Å². The molecule has 0 amide bonds. The lowest BCUT2D eigenvalue weighted by Gasteiger charge is -1.91. The molecular formula is C7H5NO. The number of carbonyl (C=O) groups is 1. The van der Waals surface area contributed by atoms with E-state index in [-0.39, 0.29) is 11.7 Å². The normalized spacial score (nSPS) is 29.1. The molecule has 9 heavy (non-hydrogen) atoms. The number of ketones is 1. The van der Waals surface area contributed by atoms with Crippen LogP contribution in [-0.2, 0) is 4.79 Å². The minimum absolute atomic E-state index is 0.109. The minimum Gasteiger partial charge on any atom is -0.290 e. The average Bonchev–Trinajstić information content (AvgIpc) is 2.35. The molecule has 44 valence electrons. The zero-order chi connectivity index (χ0) is 6.27. The van der Waals surface area contributed by atoms with Crippen LogP contribution in [0.25, 0.3) is 0 Å². The van der Waals surface area contributed by atoms with Gasteiger partial charge in [-0.25, -0.2) is 0 Å². The van der Waals surface area contributed by atoms with Crippen LogP contribution in [0.4, 0.5) is 0 Å². The number of allylic oxidation sites excluding steroid dienone is 3. The first kappa shape index (κ1) is 4.68. The molecule has 2 heteroatoms. The van der Waals surface area contributed by atoms with E-state index in [1.165, 1.54) is 0 Å². The van der Waals surface area contributed by atoms with E-state index in [0.717, 1.165) is 5.57 Å². The van der Waals surface area contributed by atoms with Gasteiger partial charge >= 0.3 is 0 Å². The molecule has 0 bridgehead atoms. The largest absolute Gasteiger partial charge is 0.290 e. The summed E-state index contributed by atoms with van der Waals surface area (Å²) in [6, 6.07) is 0. The maximum absolute atomic E-state index is 10.8. The van der Waals surface area contributed by atoms with Gasteiger partial charge in [-0.3, -0.25) is 9.79 Å². The fourth-order valence-corrected chi connectivity index (χ4v) is 1.05. The van der Waals surface area contributed by atoms with E-state index in [1.807, 2.05) is 6.08 Å². The van der Waals surface area contributed by atoms with Crippen molar-refractivity contribution in [1.29, 1.82) is 0 Å². The van der Waals surface area contributed by atoms with Gasteiger partial charge in [-0.15, -0.1) is 0 Å². The maximum Gasteiger partial charge on any atom is 0.184 e. The van der Waals surface area contributed by atoms with E-state index >= 15 is 0 Å². The Labute approximate surface area is 52.6 Å². The summed E-state index contributed by atoms with van der Waals surface area (Å²) in [7, 11) is 0. The highest BCUT2D eigenvalue weighted by Crippen LogP contribution is 2.23. The highest BCUT2D eigenvalue weighted by molar-refractivity contribution is 6.11. The number of hydrogen-bond acceptors (Lipinski definition) is 2. The molecule has 0 aromatic carbocycles. The molecule has 1 unspecified atom stereocenters. The number of fused-ring (bicyclic) bond motifs is 1. The molecule has 0 saturated heterocycles. The van der Waals surface area contributed by atoms with Crippen molar-refractivity contribution in [2.45, 2.75) is 0 Å². The Morgan fingerprint density at radius 2 is 2.44 bits per heavy atom. The molecule has 0 aromatic rings. The molecule has 0 saturated carbocycles. The van der Waals surface area contributed by atoms with Crippen LogP contribution in [0.15, 0.2) is 28.9 Å². The Morgan fingerprint density at radius 1 is 1.56 bits per heavy atom. The first-order chi connectivity index (χ1) is 4.38. The molecule has 1 aliphatic carbocycles. The second-order valence-electron chi connectivity index (χ2n) is 2.13. The topological polar surface area (TPSA) is 29.4 Å². The van der Waals surface area contributed by atoms with Gasteiger partial charge < -0.3 is 0 Å². The number of carbonyl (C=O) groups excluding carboxylic acids is 1. The molecule has 2 nitrogen and oxygen atoms in total. The van der Waals surface area contributed by atoms with Crippen LogP contribution in [0.1, 0.15) is 0 Å². The molecule has 0 spiro atoms. The summed E-state index contributed by atoms with van der Waals surface area (Å²) in [5.41, 5.74) is 0.815. The van der Waals surface area contributed by atoms with Crippen LogP contribution >= 0.6 is 0 Å². The van der Waals surface area contributed by atoms with Gasteiger partial charge in [-0.1, -0.05) is 6.08 Å². The summed E-state index contributed by atoms with van der Waals surface area (Å²) in [6.07, 6.45) is 6.87. The molecular weight excluding hydrogens is 114 g/mol. The van der Waals surface area contributed by atoms with Crippen LogP contribution in [0.2, 0.25) is 0 Å². The SMILES string of the molecule is O=C1C=CC2C=NC=C12. The fourth-order valence-electron chi connectivity index (χ4n) is 1.05. The van der Waals surface area contributed by atoms with Crippen LogP contribution in [0.5, 0.6) is 0 Å². The molecule has 0 aromatic heterocycles. The lowest BCUT2D eigenvalue weighted by atomic mass is 10.1. The van der Waals surface area contributed by atoms with Gasteiger partial charge in [0.25, 0.3) is 0 Å². The fraction of sp³-hybridized carbons (Fsp3) is 0.143. The molecule has 1 atom stereocenters. The first-order valence-corrected chi connectivity index (χ1v) is 2.84. The van der Waals surface area contributed by atoms with Crippen molar-refractivity contribution in [2.24, 2.45) is 10.9 Å². The summed E-state index contributed by atoms with van der Waals surface area (Å²) in [5.74, 6) is 0.301. The van der Waals surface area contributed by atoms with E-state index < -0.39 is 0 Å². The third-order valence-electron chi connectivity index (χ3n) is 1.56. The minimum atomic E-state index is 0.109. The van der Waals surface area contributed by atoms with Gasteiger partial charge in [-0.2, -0.15) is 0 Å². The quantitative estimate of drug-likeness (QED) is 0.461. The lowest BCUT2D eigenvalue weighted by Crippen LogP contribution is -1.98. The molecule has 2 rings (SSSR count). The van der Waals surface area contributed by atoms with Crippen molar-refractivity contribution in [3.05, 3.63) is 23.9 Å². The zero-order valence-electron chi connectivity index (χ0n) is 4.74. The summed E-state index contributed by atoms with van der Waals surface area (Å²) in [4.78, 5) is 14.7. The number of aliphatic imine (C=N–C) groups is 1. The van der Waals surface area contributed by atoms with Gasteiger partial charge in [0, 0.05) is 23.9 Å². The van der Waals surface area contributed by atoms with Crippen molar-refractivity contribution in [3.63, 3.8) is 0 Å². The average molecular weight is 119 g/mol. The van der Waals surface area contributed by atoms with E-state index in [9.17, 15) is 4.79 Å². The van der Waals surface area contributed by atoms with Gasteiger partial charge in [-0.05, 0) is 6.08 Å². The van der Waals surface area contributed by atoms with Crippen molar-refractivity contribution in [2.75, 3.05) is 0 Å². The Morgan fingerprint density at radius 3 is 3.22 bits per heavy atom. The molecule has 0 N–H and O–H groups in total. The molecule has 2 aliphatic rings. The Bertz CT molecular complexity index is 248. The van der Waals surface area contributed by atoms with E-state index in [4.69, 9.17) is 0 Å². The number of hydrogen-bond donors (Lipinski definition) is 0. The van der Waals surface area contributed by atoms with Crippen LogP contribution in [0.3, 0.4) is 0 Å². The van der Waals surface area contributed by atoms with Crippen LogP contribution in [0, 0.1) is 5.92 Å². The molecule has 1 heterocycles. The second-order valence-corrected chi connectivity index (χ2v) is 2.13. The maximum atomic E-state index is 10.8. The van der Waals surface area contributed by atoms with Gasteiger partial charge in [0.2, 0.25) is 0 Å². The highest BCUT2D eigenvalue weighted by atomic mass is 16.1. The van der Waals surface area contributed by atoms with Crippen LogP contribution < -0.4 is 0 Å². The number of rotatable bonds is 0. The summed E-state index contributed by atoms with van der Waals surface area (Å²) >= 11 is 0. The van der Waals surface area contributed by atoms with Gasteiger partial charge in [0.05, 0.1) is 0 Å². The monoisotopic (exact) mass is 119 g/mol. The first-order valence-electron chi connectivity index (χ1n) is 2.84. The van der Waals surface area contributed by atoms with Gasteiger partial charge in [0.15, 0.2) is 5.78 Å². The van der Waals surface area contributed by atoms with E-state index in [2.05, 4.69) is 4.99 Å². The lowest BCUT2D eigenvalue weighted by molar-refractivity contribution is -0.111. The summed E-state index contributed by atoms with van der Waals surface area (Å²) in [5, 5.41) is 0. The molecule has 0 fully saturated rings. The Balaban J connectivity index is 2.48. The van der Waals surface area contributed by atoms with Crippen molar-refractivity contribution in [1.82, 2.24) is 0 Å².